The molecule has 0 aliphatic rings. The van der Waals surface area contributed by atoms with E-state index < -0.39 is 5.91 Å². The van der Waals surface area contributed by atoms with E-state index in [9.17, 15) is 4.79 Å². The lowest BCUT2D eigenvalue weighted by molar-refractivity contribution is 0.100. The number of primary amides is 1. The Hall–Kier alpha value is -2.35. The van der Waals surface area contributed by atoms with E-state index in [1.54, 1.807) is 6.07 Å². The van der Waals surface area contributed by atoms with Gasteiger partial charge in [0.25, 0.3) is 0 Å². The van der Waals surface area contributed by atoms with Gasteiger partial charge < -0.3 is 5.73 Å². The molecule has 1 amide bonds. The topological polar surface area (TPSA) is 43.1 Å². The molecule has 90 valence electrons. The number of hydrogen-bond acceptors (Lipinski definition) is 1. The van der Waals surface area contributed by atoms with Gasteiger partial charge in [-0.05, 0) is 29.2 Å². The SMILES string of the molecule is C=CCc1ccccc1-c1ccccc1C(N)=O. The highest BCUT2D eigenvalue weighted by Gasteiger charge is 2.11. The molecule has 2 aromatic rings. The molecule has 0 aliphatic carbocycles. The van der Waals surface area contributed by atoms with E-state index >= 15 is 0 Å². The molecule has 0 spiro atoms. The van der Waals surface area contributed by atoms with E-state index in [1.165, 1.54) is 0 Å². The van der Waals surface area contributed by atoms with Crippen molar-refractivity contribution in [2.75, 3.05) is 0 Å². The molecule has 0 aromatic heterocycles. The molecule has 2 rings (SSSR count). The van der Waals surface area contributed by atoms with Crippen LogP contribution in [0, 0.1) is 0 Å². The number of allylic oxidation sites excluding steroid dienone is 1. The fourth-order valence-corrected chi connectivity index (χ4v) is 2.05. The van der Waals surface area contributed by atoms with Crippen molar-refractivity contribution in [2.24, 2.45) is 5.73 Å². The Balaban J connectivity index is 2.61. The van der Waals surface area contributed by atoms with Crippen molar-refractivity contribution < 1.29 is 4.79 Å². The number of nitrogens with two attached hydrogens (primary N) is 1. The van der Waals surface area contributed by atoms with E-state index in [0.717, 1.165) is 23.1 Å². The van der Waals surface area contributed by atoms with E-state index in [2.05, 4.69) is 6.58 Å². The number of rotatable bonds is 4. The smallest absolute Gasteiger partial charge is 0.249 e. The van der Waals surface area contributed by atoms with Gasteiger partial charge in [0.05, 0.1) is 0 Å². The van der Waals surface area contributed by atoms with Gasteiger partial charge in [0.2, 0.25) is 5.91 Å². The van der Waals surface area contributed by atoms with Gasteiger partial charge in [-0.1, -0.05) is 48.5 Å². The zero-order valence-corrected chi connectivity index (χ0v) is 10.1. The number of hydrogen-bond donors (Lipinski definition) is 1. The van der Waals surface area contributed by atoms with Gasteiger partial charge in [-0.15, -0.1) is 6.58 Å². The van der Waals surface area contributed by atoms with E-state index in [-0.39, 0.29) is 0 Å². The van der Waals surface area contributed by atoms with E-state index in [0.29, 0.717) is 5.56 Å². The Morgan fingerprint density at radius 1 is 1.06 bits per heavy atom. The quantitative estimate of drug-likeness (QED) is 0.815. The fourth-order valence-electron chi connectivity index (χ4n) is 2.05. The number of benzene rings is 2. The summed E-state index contributed by atoms with van der Waals surface area (Å²) in [5.74, 6) is -0.404. The molecular weight excluding hydrogens is 222 g/mol. The Morgan fingerprint density at radius 3 is 2.33 bits per heavy atom. The van der Waals surface area contributed by atoms with Crippen molar-refractivity contribution in [2.45, 2.75) is 6.42 Å². The molecule has 2 N–H and O–H groups in total. The van der Waals surface area contributed by atoms with Crippen LogP contribution in [0.25, 0.3) is 11.1 Å². The fraction of sp³-hybridized carbons (Fsp3) is 0.0625. The first kappa shape index (κ1) is 12.1. The van der Waals surface area contributed by atoms with Crippen molar-refractivity contribution in [3.63, 3.8) is 0 Å². The number of carbonyl (C=O) groups excluding carboxylic acids is 1. The summed E-state index contributed by atoms with van der Waals surface area (Å²) >= 11 is 0. The Morgan fingerprint density at radius 2 is 1.67 bits per heavy atom. The second-order valence-corrected chi connectivity index (χ2v) is 4.06. The molecule has 2 aromatic carbocycles. The first-order chi connectivity index (χ1) is 8.74. The van der Waals surface area contributed by atoms with Gasteiger partial charge in [0.15, 0.2) is 0 Å². The summed E-state index contributed by atoms with van der Waals surface area (Å²) in [6.45, 7) is 3.76. The summed E-state index contributed by atoms with van der Waals surface area (Å²) in [4.78, 5) is 11.5. The van der Waals surface area contributed by atoms with Crippen LogP contribution in [0.1, 0.15) is 15.9 Å². The highest BCUT2D eigenvalue weighted by molar-refractivity contribution is 6.00. The Bertz CT molecular complexity index is 587. The van der Waals surface area contributed by atoms with Crippen LogP contribution in [0.4, 0.5) is 0 Å². The summed E-state index contributed by atoms with van der Waals surface area (Å²) in [7, 11) is 0. The molecule has 0 fully saturated rings. The lowest BCUT2D eigenvalue weighted by Gasteiger charge is -2.11. The van der Waals surface area contributed by atoms with E-state index in [4.69, 9.17) is 5.73 Å². The van der Waals surface area contributed by atoms with Gasteiger partial charge in [0.1, 0.15) is 0 Å². The summed E-state index contributed by atoms with van der Waals surface area (Å²) in [6.07, 6.45) is 2.62. The predicted octanol–water partition coefficient (Wildman–Crippen LogP) is 3.18. The Kier molecular flexibility index (Phi) is 3.58. The maximum atomic E-state index is 11.5. The lowest BCUT2D eigenvalue weighted by Crippen LogP contribution is -2.12. The molecule has 0 unspecified atom stereocenters. The first-order valence-corrected chi connectivity index (χ1v) is 5.82. The monoisotopic (exact) mass is 237 g/mol. The summed E-state index contributed by atoms with van der Waals surface area (Å²) < 4.78 is 0. The molecule has 0 radical (unpaired) electrons. The van der Waals surface area contributed by atoms with Crippen LogP contribution in [0.15, 0.2) is 61.2 Å². The third-order valence-electron chi connectivity index (χ3n) is 2.86. The highest BCUT2D eigenvalue weighted by atomic mass is 16.1. The highest BCUT2D eigenvalue weighted by Crippen LogP contribution is 2.27. The summed E-state index contributed by atoms with van der Waals surface area (Å²) in [5, 5.41) is 0. The van der Waals surface area contributed by atoms with Crippen molar-refractivity contribution in [1.82, 2.24) is 0 Å². The largest absolute Gasteiger partial charge is 0.366 e. The van der Waals surface area contributed by atoms with Gasteiger partial charge >= 0.3 is 0 Å². The molecule has 0 saturated heterocycles. The lowest BCUT2D eigenvalue weighted by atomic mass is 9.94. The zero-order valence-electron chi connectivity index (χ0n) is 10.1. The van der Waals surface area contributed by atoms with Crippen LogP contribution in [0.5, 0.6) is 0 Å². The minimum absolute atomic E-state index is 0.404. The Labute approximate surface area is 107 Å². The molecule has 0 aliphatic heterocycles. The van der Waals surface area contributed by atoms with Crippen LogP contribution in [0.2, 0.25) is 0 Å². The van der Waals surface area contributed by atoms with E-state index in [1.807, 2.05) is 48.5 Å². The first-order valence-electron chi connectivity index (χ1n) is 5.82. The minimum atomic E-state index is -0.404. The van der Waals surface area contributed by atoms with Crippen LogP contribution in [0.3, 0.4) is 0 Å². The average molecular weight is 237 g/mol. The third-order valence-corrected chi connectivity index (χ3v) is 2.86. The van der Waals surface area contributed by atoms with Gasteiger partial charge in [-0.25, -0.2) is 0 Å². The van der Waals surface area contributed by atoms with Gasteiger partial charge in [0, 0.05) is 5.56 Å². The number of amides is 1. The minimum Gasteiger partial charge on any atom is -0.366 e. The number of carbonyl (C=O) groups is 1. The maximum absolute atomic E-state index is 11.5. The van der Waals surface area contributed by atoms with Crippen LogP contribution in [-0.2, 0) is 6.42 Å². The third kappa shape index (κ3) is 2.33. The molecule has 2 heteroatoms. The second-order valence-electron chi connectivity index (χ2n) is 4.06. The standard InChI is InChI=1S/C16H15NO/c1-2-7-12-8-3-4-9-13(12)14-10-5-6-11-15(14)16(17)18/h2-6,8-11H,1,7H2,(H2,17,18). The molecule has 0 heterocycles. The van der Waals surface area contributed by atoms with Crippen LogP contribution < -0.4 is 5.73 Å². The van der Waals surface area contributed by atoms with Crippen molar-refractivity contribution in [3.05, 3.63) is 72.3 Å². The predicted molar refractivity (Wildman–Crippen MR) is 74.3 cm³/mol. The van der Waals surface area contributed by atoms with Crippen molar-refractivity contribution >= 4 is 5.91 Å². The molecular formula is C16H15NO. The summed E-state index contributed by atoms with van der Waals surface area (Å²) in [6, 6.07) is 15.4. The average Bonchev–Trinajstić information content (AvgIpc) is 2.40. The molecule has 18 heavy (non-hydrogen) atoms. The molecule has 0 bridgehead atoms. The zero-order chi connectivity index (χ0) is 13.0. The molecule has 2 nitrogen and oxygen atoms in total. The van der Waals surface area contributed by atoms with Gasteiger partial charge in [-0.2, -0.15) is 0 Å². The maximum Gasteiger partial charge on any atom is 0.249 e. The van der Waals surface area contributed by atoms with Crippen molar-refractivity contribution in [1.29, 1.82) is 0 Å². The second kappa shape index (κ2) is 5.32. The van der Waals surface area contributed by atoms with Crippen LogP contribution in [-0.4, -0.2) is 5.91 Å². The van der Waals surface area contributed by atoms with Crippen LogP contribution >= 0.6 is 0 Å². The normalized spacial score (nSPS) is 10.0. The summed E-state index contributed by atoms with van der Waals surface area (Å²) in [5.41, 5.74) is 9.02. The van der Waals surface area contributed by atoms with Gasteiger partial charge in [-0.3, -0.25) is 4.79 Å². The van der Waals surface area contributed by atoms with Crippen molar-refractivity contribution in [3.8, 4) is 11.1 Å². The molecule has 0 atom stereocenters. The molecule has 0 saturated carbocycles.